The van der Waals surface area contributed by atoms with E-state index < -0.39 is 6.04 Å². The van der Waals surface area contributed by atoms with Crippen molar-refractivity contribution in [1.82, 2.24) is 0 Å². The van der Waals surface area contributed by atoms with Crippen molar-refractivity contribution in [1.29, 1.82) is 0 Å². The van der Waals surface area contributed by atoms with Crippen LogP contribution in [-0.4, -0.2) is 18.2 Å². The van der Waals surface area contributed by atoms with Crippen molar-refractivity contribution in [2.24, 2.45) is 5.73 Å². The van der Waals surface area contributed by atoms with Crippen LogP contribution in [0, 0.1) is 0 Å². The largest absolute Gasteiger partial charge is 0.325 e. The Morgan fingerprint density at radius 2 is 2.00 bits per heavy atom. The summed E-state index contributed by atoms with van der Waals surface area (Å²) >= 11 is 1.77. The van der Waals surface area contributed by atoms with E-state index in [2.05, 4.69) is 11.6 Å². The molecule has 1 atom stereocenters. The zero-order valence-electron chi connectivity index (χ0n) is 9.40. The first-order valence-electron chi connectivity index (χ1n) is 4.78. The second-order valence-electron chi connectivity index (χ2n) is 3.41. The van der Waals surface area contributed by atoms with Crippen LogP contribution in [0.3, 0.4) is 0 Å². The Bertz CT molecular complexity index is 327. The van der Waals surface area contributed by atoms with Gasteiger partial charge in [-0.25, -0.2) is 0 Å². The lowest BCUT2D eigenvalue weighted by atomic mass is 10.2. The Morgan fingerprint density at radius 1 is 1.44 bits per heavy atom. The lowest BCUT2D eigenvalue weighted by Gasteiger charge is -2.08. The van der Waals surface area contributed by atoms with Crippen LogP contribution in [0.25, 0.3) is 0 Å². The summed E-state index contributed by atoms with van der Waals surface area (Å²) in [6.07, 6.45) is 2.06. The summed E-state index contributed by atoms with van der Waals surface area (Å²) in [5, 5.41) is 2.74. The topological polar surface area (TPSA) is 55.1 Å². The quantitative estimate of drug-likeness (QED) is 0.873. The molecular weight excluding hydrogens is 244 g/mol. The highest BCUT2D eigenvalue weighted by molar-refractivity contribution is 7.97. The first-order valence-corrected chi connectivity index (χ1v) is 6.17. The standard InChI is InChI=1S/C11H16N2OS.ClH/c1-8(12)11(14)13-10-5-3-9(4-6-10)7-15-2;/h3-6,8H,7,12H2,1-2H3,(H,13,14);1H/t8-;/m1./s1. The number of nitrogens with one attached hydrogen (secondary N) is 1. The number of nitrogens with two attached hydrogens (primary N) is 1. The molecule has 16 heavy (non-hydrogen) atoms. The highest BCUT2D eigenvalue weighted by Gasteiger charge is 2.06. The number of halogens is 1. The van der Waals surface area contributed by atoms with Gasteiger partial charge in [-0.15, -0.1) is 12.4 Å². The van der Waals surface area contributed by atoms with E-state index in [9.17, 15) is 4.79 Å². The molecule has 0 bridgehead atoms. The summed E-state index contributed by atoms with van der Waals surface area (Å²) in [6, 6.07) is 7.33. The normalized spacial score (nSPS) is 11.4. The third-order valence-electron chi connectivity index (χ3n) is 1.95. The van der Waals surface area contributed by atoms with Gasteiger partial charge in [-0.1, -0.05) is 12.1 Å². The molecule has 1 rings (SSSR count). The molecule has 90 valence electrons. The second-order valence-corrected chi connectivity index (χ2v) is 4.27. The number of rotatable bonds is 4. The molecule has 1 aromatic carbocycles. The molecule has 5 heteroatoms. The summed E-state index contributed by atoms with van der Waals surface area (Å²) in [4.78, 5) is 11.3. The molecule has 0 aromatic heterocycles. The molecule has 0 spiro atoms. The molecule has 3 N–H and O–H groups in total. The molecule has 0 fully saturated rings. The maximum absolute atomic E-state index is 11.3. The second kappa shape index (κ2) is 7.54. The van der Waals surface area contributed by atoms with Gasteiger partial charge in [0, 0.05) is 11.4 Å². The first kappa shape index (κ1) is 15.3. The molecule has 0 aliphatic heterocycles. The minimum Gasteiger partial charge on any atom is -0.325 e. The molecule has 0 unspecified atom stereocenters. The molecule has 1 amide bonds. The summed E-state index contributed by atoms with van der Waals surface area (Å²) in [7, 11) is 0. The average molecular weight is 261 g/mol. The lowest BCUT2D eigenvalue weighted by molar-refractivity contribution is -0.117. The third kappa shape index (κ3) is 4.88. The van der Waals surface area contributed by atoms with Crippen LogP contribution in [-0.2, 0) is 10.5 Å². The van der Waals surface area contributed by atoms with E-state index in [4.69, 9.17) is 5.73 Å². The summed E-state index contributed by atoms with van der Waals surface area (Å²) < 4.78 is 0. The number of hydrogen-bond donors (Lipinski definition) is 2. The van der Waals surface area contributed by atoms with Gasteiger partial charge in [0.15, 0.2) is 0 Å². The van der Waals surface area contributed by atoms with Crippen molar-refractivity contribution in [3.05, 3.63) is 29.8 Å². The predicted molar refractivity (Wildman–Crippen MR) is 73.2 cm³/mol. The van der Waals surface area contributed by atoms with Gasteiger partial charge in [0.25, 0.3) is 0 Å². The number of carbonyl (C=O) groups is 1. The van der Waals surface area contributed by atoms with Gasteiger partial charge in [0.1, 0.15) is 0 Å². The van der Waals surface area contributed by atoms with Crippen LogP contribution >= 0.6 is 24.2 Å². The molecule has 1 aromatic rings. The van der Waals surface area contributed by atoms with E-state index in [1.165, 1.54) is 5.56 Å². The fourth-order valence-electron chi connectivity index (χ4n) is 1.11. The average Bonchev–Trinajstić information content (AvgIpc) is 2.21. The van der Waals surface area contributed by atoms with Crippen LogP contribution in [0.15, 0.2) is 24.3 Å². The number of carbonyl (C=O) groups excluding carboxylic acids is 1. The van der Waals surface area contributed by atoms with Crippen molar-refractivity contribution >= 4 is 35.8 Å². The van der Waals surface area contributed by atoms with E-state index in [-0.39, 0.29) is 18.3 Å². The van der Waals surface area contributed by atoms with E-state index >= 15 is 0 Å². The first-order chi connectivity index (χ1) is 7.13. The predicted octanol–water partition coefficient (Wildman–Crippen LogP) is 2.26. The van der Waals surface area contributed by atoms with Gasteiger partial charge in [-0.2, -0.15) is 11.8 Å². The van der Waals surface area contributed by atoms with E-state index in [1.54, 1.807) is 18.7 Å². The van der Waals surface area contributed by atoms with Crippen molar-refractivity contribution < 1.29 is 4.79 Å². The number of hydrogen-bond acceptors (Lipinski definition) is 3. The van der Waals surface area contributed by atoms with Crippen LogP contribution in [0.2, 0.25) is 0 Å². The maximum atomic E-state index is 11.3. The van der Waals surface area contributed by atoms with Gasteiger partial charge in [0.2, 0.25) is 5.91 Å². The summed E-state index contributed by atoms with van der Waals surface area (Å²) in [5.74, 6) is 0.828. The van der Waals surface area contributed by atoms with Gasteiger partial charge >= 0.3 is 0 Å². The number of thioether (sulfide) groups is 1. The summed E-state index contributed by atoms with van der Waals surface area (Å²) in [6.45, 7) is 1.66. The minimum absolute atomic E-state index is 0. The number of anilines is 1. The Balaban J connectivity index is 0.00000225. The SMILES string of the molecule is CSCc1ccc(NC(=O)[C@@H](C)N)cc1.Cl. The monoisotopic (exact) mass is 260 g/mol. The van der Waals surface area contributed by atoms with E-state index in [0.29, 0.717) is 0 Å². The molecule has 0 saturated heterocycles. The molecular formula is C11H17ClN2OS. The molecule has 0 aliphatic rings. The Morgan fingerprint density at radius 3 is 2.44 bits per heavy atom. The van der Waals surface area contributed by atoms with Crippen molar-refractivity contribution in [3.8, 4) is 0 Å². The van der Waals surface area contributed by atoms with E-state index in [0.717, 1.165) is 11.4 Å². The van der Waals surface area contributed by atoms with E-state index in [1.807, 2.05) is 24.3 Å². The van der Waals surface area contributed by atoms with Gasteiger partial charge < -0.3 is 11.1 Å². The highest BCUT2D eigenvalue weighted by Crippen LogP contribution is 2.13. The van der Waals surface area contributed by atoms with Crippen LogP contribution in [0.5, 0.6) is 0 Å². The zero-order valence-corrected chi connectivity index (χ0v) is 11.0. The smallest absolute Gasteiger partial charge is 0.240 e. The zero-order chi connectivity index (χ0) is 11.3. The molecule has 3 nitrogen and oxygen atoms in total. The Hall–Kier alpha value is -0.710. The van der Waals surface area contributed by atoms with Crippen molar-refractivity contribution in [3.63, 3.8) is 0 Å². The minimum atomic E-state index is -0.476. The van der Waals surface area contributed by atoms with Gasteiger partial charge in [0.05, 0.1) is 6.04 Å². The Labute approximate surface area is 107 Å². The number of amides is 1. The maximum Gasteiger partial charge on any atom is 0.240 e. The van der Waals surface area contributed by atoms with Crippen molar-refractivity contribution in [2.45, 2.75) is 18.7 Å². The molecule has 0 saturated carbocycles. The summed E-state index contributed by atoms with van der Waals surface area (Å²) in [5.41, 5.74) is 7.49. The highest BCUT2D eigenvalue weighted by atomic mass is 35.5. The molecule has 0 radical (unpaired) electrons. The van der Waals surface area contributed by atoms with Crippen molar-refractivity contribution in [2.75, 3.05) is 11.6 Å². The van der Waals surface area contributed by atoms with Gasteiger partial charge in [-0.3, -0.25) is 4.79 Å². The van der Waals surface area contributed by atoms with Crippen LogP contribution in [0.1, 0.15) is 12.5 Å². The fraction of sp³-hybridized carbons (Fsp3) is 0.364. The van der Waals surface area contributed by atoms with Crippen LogP contribution < -0.4 is 11.1 Å². The van der Waals surface area contributed by atoms with Crippen LogP contribution in [0.4, 0.5) is 5.69 Å². The number of benzene rings is 1. The fourth-order valence-corrected chi connectivity index (χ4v) is 1.63. The third-order valence-corrected chi connectivity index (χ3v) is 2.57. The lowest BCUT2D eigenvalue weighted by Crippen LogP contribution is -2.32. The van der Waals surface area contributed by atoms with Gasteiger partial charge in [-0.05, 0) is 30.9 Å². The molecule has 0 heterocycles. The Kier molecular flexibility index (Phi) is 7.21. The molecule has 0 aliphatic carbocycles.